The minimum absolute atomic E-state index is 0.198. The Labute approximate surface area is 137 Å². The summed E-state index contributed by atoms with van der Waals surface area (Å²) in [6, 6.07) is 4.87. The third-order valence-corrected chi connectivity index (χ3v) is 4.50. The number of hydrogen-bond donors (Lipinski definition) is 3. The molecule has 0 aliphatic carbocycles. The molecule has 0 aliphatic rings. The van der Waals surface area contributed by atoms with Gasteiger partial charge < -0.3 is 9.79 Å². The molecule has 0 fully saturated rings. The van der Waals surface area contributed by atoms with Gasteiger partial charge in [-0.25, -0.2) is 9.68 Å². The molecule has 0 radical (unpaired) electrons. The number of hydrogen-bond acceptors (Lipinski definition) is 7. The molecule has 0 amide bonds. The standard InChI is InChI=1S/C9H10Cl2NO6PS2/c10-20-6-1-2-8(21-11)7(3-6)17-18-9(13)4-12-5-19(14,15)16/h1-3,12H,4-5H2,(H2,14,15,16). The van der Waals surface area contributed by atoms with Gasteiger partial charge in [0.25, 0.3) is 0 Å². The van der Waals surface area contributed by atoms with Crippen LogP contribution in [0.3, 0.4) is 0 Å². The predicted molar refractivity (Wildman–Crippen MR) is 81.5 cm³/mol. The molecule has 0 saturated heterocycles. The maximum absolute atomic E-state index is 11.3. The molecule has 3 N–H and O–H groups in total. The van der Waals surface area contributed by atoms with E-state index in [1.165, 1.54) is 6.07 Å². The molecule has 0 spiro atoms. The number of halogens is 2. The summed E-state index contributed by atoms with van der Waals surface area (Å²) in [5, 5.41) is 2.24. The van der Waals surface area contributed by atoms with Gasteiger partial charge in [0.05, 0.1) is 17.7 Å². The van der Waals surface area contributed by atoms with Crippen molar-refractivity contribution in [2.75, 3.05) is 12.8 Å². The number of carbonyl (C=O) groups is 1. The molecular weight excluding hydrogens is 384 g/mol. The molecule has 0 unspecified atom stereocenters. The zero-order chi connectivity index (χ0) is 15.9. The molecule has 21 heavy (non-hydrogen) atoms. The second-order valence-electron chi connectivity index (χ2n) is 3.55. The summed E-state index contributed by atoms with van der Waals surface area (Å²) < 4.78 is 10.6. The Morgan fingerprint density at radius 3 is 2.62 bits per heavy atom. The number of benzene rings is 1. The normalized spacial score (nSPS) is 11.2. The molecule has 0 aromatic heterocycles. The quantitative estimate of drug-likeness (QED) is 0.349. The summed E-state index contributed by atoms with van der Waals surface area (Å²) in [5.41, 5.74) is 0. The van der Waals surface area contributed by atoms with E-state index < -0.39 is 26.4 Å². The highest BCUT2D eigenvalue weighted by molar-refractivity contribution is 8.21. The molecular formula is C9H10Cl2NO6PS2. The summed E-state index contributed by atoms with van der Waals surface area (Å²) in [5.74, 6) is -0.651. The molecule has 0 heterocycles. The van der Waals surface area contributed by atoms with Gasteiger partial charge in [0.1, 0.15) is 0 Å². The van der Waals surface area contributed by atoms with Crippen LogP contribution in [-0.4, -0.2) is 28.6 Å². The monoisotopic (exact) mass is 393 g/mol. The van der Waals surface area contributed by atoms with E-state index in [9.17, 15) is 9.36 Å². The fourth-order valence-electron chi connectivity index (χ4n) is 1.09. The average molecular weight is 394 g/mol. The molecule has 118 valence electrons. The lowest BCUT2D eigenvalue weighted by atomic mass is 10.3. The van der Waals surface area contributed by atoms with Gasteiger partial charge in [-0.2, -0.15) is 0 Å². The minimum atomic E-state index is -4.22. The van der Waals surface area contributed by atoms with Gasteiger partial charge in [0.15, 0.2) is 5.75 Å². The Balaban J connectivity index is 2.50. The van der Waals surface area contributed by atoms with Crippen LogP contribution in [0.15, 0.2) is 28.0 Å². The predicted octanol–water partition coefficient (Wildman–Crippen LogP) is 2.74. The van der Waals surface area contributed by atoms with Crippen molar-refractivity contribution in [3.8, 4) is 5.75 Å². The second-order valence-corrected chi connectivity index (χ2v) is 7.34. The summed E-state index contributed by atoms with van der Waals surface area (Å²) in [6.07, 6.45) is -0.636. The highest BCUT2D eigenvalue weighted by atomic mass is 35.7. The lowest BCUT2D eigenvalue weighted by Gasteiger charge is -2.09. The summed E-state index contributed by atoms with van der Waals surface area (Å²) in [6.45, 7) is -0.418. The largest absolute Gasteiger partial charge is 0.369 e. The lowest BCUT2D eigenvalue weighted by molar-refractivity contribution is -0.213. The van der Waals surface area contributed by atoms with Crippen molar-refractivity contribution in [1.29, 1.82) is 0 Å². The Morgan fingerprint density at radius 1 is 1.33 bits per heavy atom. The van der Waals surface area contributed by atoms with Gasteiger partial charge in [0.2, 0.25) is 0 Å². The summed E-state index contributed by atoms with van der Waals surface area (Å²) in [4.78, 5) is 39.1. The van der Waals surface area contributed by atoms with Crippen molar-refractivity contribution in [3.05, 3.63) is 18.2 Å². The number of carbonyl (C=O) groups excluding carboxylic acids is 1. The Bertz CT molecular complexity index is 543. The van der Waals surface area contributed by atoms with Crippen LogP contribution in [0.4, 0.5) is 0 Å². The zero-order valence-corrected chi connectivity index (χ0v) is 14.2. The van der Waals surface area contributed by atoms with Crippen molar-refractivity contribution >= 4 is 56.9 Å². The third kappa shape index (κ3) is 7.62. The van der Waals surface area contributed by atoms with Crippen LogP contribution in [0.1, 0.15) is 0 Å². The van der Waals surface area contributed by atoms with Crippen molar-refractivity contribution in [2.45, 2.75) is 9.79 Å². The topological polar surface area (TPSA) is 105 Å². The fraction of sp³-hybridized carbons (Fsp3) is 0.222. The molecule has 1 rings (SSSR count). The van der Waals surface area contributed by atoms with Gasteiger partial charge in [-0.05, 0) is 55.4 Å². The second kappa shape index (κ2) is 9.12. The van der Waals surface area contributed by atoms with Crippen molar-refractivity contribution in [2.24, 2.45) is 0 Å². The first-order valence-electron chi connectivity index (χ1n) is 5.19. The maximum Gasteiger partial charge on any atom is 0.369 e. The van der Waals surface area contributed by atoms with Crippen LogP contribution in [-0.2, 0) is 14.2 Å². The van der Waals surface area contributed by atoms with E-state index in [4.69, 9.17) is 36.0 Å². The highest BCUT2D eigenvalue weighted by Gasteiger charge is 2.15. The van der Waals surface area contributed by atoms with Gasteiger partial charge >= 0.3 is 13.6 Å². The summed E-state index contributed by atoms with van der Waals surface area (Å²) >= 11 is 0. The van der Waals surface area contributed by atoms with Crippen LogP contribution in [0, 0.1) is 0 Å². The van der Waals surface area contributed by atoms with Crippen molar-refractivity contribution in [3.63, 3.8) is 0 Å². The smallest absolute Gasteiger partial charge is 0.324 e. The van der Waals surface area contributed by atoms with Crippen molar-refractivity contribution in [1.82, 2.24) is 5.32 Å². The summed E-state index contributed by atoms with van der Waals surface area (Å²) in [7, 11) is 8.84. The molecule has 0 atom stereocenters. The van der Waals surface area contributed by atoms with E-state index >= 15 is 0 Å². The molecule has 1 aromatic rings. The van der Waals surface area contributed by atoms with Crippen LogP contribution >= 0.6 is 50.9 Å². The van der Waals surface area contributed by atoms with E-state index in [-0.39, 0.29) is 5.75 Å². The number of nitrogens with one attached hydrogen (secondary N) is 1. The van der Waals surface area contributed by atoms with Gasteiger partial charge in [-0.1, -0.05) is 0 Å². The maximum atomic E-state index is 11.3. The van der Waals surface area contributed by atoms with E-state index in [1.54, 1.807) is 12.1 Å². The Hall–Kier alpha value is -0.120. The average Bonchev–Trinajstić information content (AvgIpc) is 2.43. The zero-order valence-electron chi connectivity index (χ0n) is 10.2. The first-order chi connectivity index (χ1) is 9.85. The third-order valence-electron chi connectivity index (χ3n) is 1.90. The van der Waals surface area contributed by atoms with E-state index in [1.807, 2.05) is 0 Å². The van der Waals surface area contributed by atoms with Gasteiger partial charge in [-0.3, -0.25) is 14.8 Å². The van der Waals surface area contributed by atoms with Crippen LogP contribution in [0.2, 0.25) is 0 Å². The number of rotatable bonds is 8. The van der Waals surface area contributed by atoms with Crippen LogP contribution in [0.5, 0.6) is 5.75 Å². The Kier molecular flexibility index (Phi) is 8.22. The first-order valence-corrected chi connectivity index (χ1v) is 10.3. The van der Waals surface area contributed by atoms with E-state index in [0.717, 1.165) is 22.0 Å². The molecule has 0 saturated carbocycles. The van der Waals surface area contributed by atoms with Crippen LogP contribution in [0.25, 0.3) is 0 Å². The van der Waals surface area contributed by atoms with E-state index in [2.05, 4.69) is 10.2 Å². The fourth-order valence-corrected chi connectivity index (χ4v) is 2.72. The van der Waals surface area contributed by atoms with Crippen molar-refractivity contribution < 1.29 is 28.9 Å². The Morgan fingerprint density at radius 2 is 2.05 bits per heavy atom. The molecule has 7 nitrogen and oxygen atoms in total. The lowest BCUT2D eigenvalue weighted by Crippen LogP contribution is -2.26. The van der Waals surface area contributed by atoms with Gasteiger partial charge in [0, 0.05) is 11.0 Å². The molecule has 1 aromatic carbocycles. The van der Waals surface area contributed by atoms with Crippen LogP contribution < -0.4 is 10.2 Å². The molecule has 0 bridgehead atoms. The minimum Gasteiger partial charge on any atom is -0.324 e. The first kappa shape index (κ1) is 18.9. The van der Waals surface area contributed by atoms with E-state index in [0.29, 0.717) is 9.79 Å². The molecule has 0 aliphatic heterocycles. The molecule has 12 heteroatoms. The SMILES string of the molecule is O=C(CNCP(=O)(O)O)OOc1cc(SCl)ccc1SCl. The highest BCUT2D eigenvalue weighted by Crippen LogP contribution is 2.36. The van der Waals surface area contributed by atoms with Gasteiger partial charge in [-0.15, -0.1) is 0 Å².